The lowest BCUT2D eigenvalue weighted by Gasteiger charge is -2.17. The molecule has 0 saturated carbocycles. The van der Waals surface area contributed by atoms with Gasteiger partial charge < -0.3 is 10.1 Å². The third kappa shape index (κ3) is 5.72. The summed E-state index contributed by atoms with van der Waals surface area (Å²) in [6, 6.07) is 10.6. The van der Waals surface area contributed by atoms with Gasteiger partial charge in [0, 0.05) is 32.7 Å². The van der Waals surface area contributed by atoms with E-state index in [-0.39, 0.29) is 28.8 Å². The summed E-state index contributed by atoms with van der Waals surface area (Å²) in [5, 5.41) is 2.73. The van der Waals surface area contributed by atoms with Gasteiger partial charge >= 0.3 is 0 Å². The minimum atomic E-state index is -3.61. The average Bonchev–Trinajstić information content (AvgIpc) is 3.33. The number of aryl methyl sites for hydroxylation is 1. The van der Waals surface area contributed by atoms with Crippen molar-refractivity contribution >= 4 is 26.0 Å². The lowest BCUT2D eigenvalue weighted by atomic mass is 10.1. The number of hydrogen-bond donors (Lipinski definition) is 1. The van der Waals surface area contributed by atoms with Crippen molar-refractivity contribution < 1.29 is 26.4 Å². The molecule has 1 amide bonds. The zero-order valence-electron chi connectivity index (χ0n) is 18.9. The second kappa shape index (κ2) is 10.2. The number of rotatable bonds is 9. The summed E-state index contributed by atoms with van der Waals surface area (Å²) in [5.41, 5.74) is 0.972. The van der Waals surface area contributed by atoms with E-state index >= 15 is 0 Å². The smallest absolute Gasteiger partial charge is 0.251 e. The number of nitrogens with zero attached hydrogens (tertiary/aromatic N) is 2. The Morgan fingerprint density at radius 1 is 1.00 bits per heavy atom. The highest BCUT2D eigenvalue weighted by Crippen LogP contribution is 2.23. The van der Waals surface area contributed by atoms with Crippen LogP contribution in [0.2, 0.25) is 0 Å². The van der Waals surface area contributed by atoms with Gasteiger partial charge in [-0.3, -0.25) is 4.79 Å². The van der Waals surface area contributed by atoms with Crippen molar-refractivity contribution in [3.8, 4) is 5.75 Å². The van der Waals surface area contributed by atoms with Gasteiger partial charge in [-0.25, -0.2) is 21.1 Å². The summed E-state index contributed by atoms with van der Waals surface area (Å²) >= 11 is 0. The zero-order chi connectivity index (χ0) is 24.2. The van der Waals surface area contributed by atoms with Crippen LogP contribution in [0.25, 0.3) is 0 Å². The molecule has 0 aromatic heterocycles. The van der Waals surface area contributed by atoms with Crippen LogP contribution in [-0.4, -0.2) is 71.7 Å². The van der Waals surface area contributed by atoms with Gasteiger partial charge in [-0.05, 0) is 61.7 Å². The molecule has 2 aromatic carbocycles. The molecule has 0 bridgehead atoms. The standard InChI is InChI=1S/C22H29N3O6S2/c1-17-6-9-20(33(29,30)25-13-4-5-14-25)16-21(17)22(26)23-12-15-31-18-7-10-19(11-8-18)32(27,28)24(2)3/h6-11,16H,4-5,12-15H2,1-3H3,(H,23,26). The third-order valence-electron chi connectivity index (χ3n) is 5.42. The Bertz CT molecular complexity index is 1200. The number of sulfonamides is 2. The Labute approximate surface area is 195 Å². The molecule has 0 atom stereocenters. The van der Waals surface area contributed by atoms with E-state index in [1.54, 1.807) is 25.1 Å². The van der Waals surface area contributed by atoms with Gasteiger partial charge in [0.25, 0.3) is 5.91 Å². The summed E-state index contributed by atoms with van der Waals surface area (Å²) in [5.74, 6) is 0.0823. The quantitative estimate of drug-likeness (QED) is 0.531. The molecule has 1 N–H and O–H groups in total. The van der Waals surface area contributed by atoms with Crippen molar-refractivity contribution in [3.05, 3.63) is 53.6 Å². The Balaban J connectivity index is 1.58. The number of hydrogen-bond acceptors (Lipinski definition) is 6. The van der Waals surface area contributed by atoms with Crippen LogP contribution in [0.3, 0.4) is 0 Å². The Morgan fingerprint density at radius 3 is 2.21 bits per heavy atom. The van der Waals surface area contributed by atoms with E-state index in [9.17, 15) is 21.6 Å². The van der Waals surface area contributed by atoms with Crippen molar-refractivity contribution in [3.63, 3.8) is 0 Å². The van der Waals surface area contributed by atoms with Crippen molar-refractivity contribution in [1.82, 2.24) is 13.9 Å². The van der Waals surface area contributed by atoms with Gasteiger partial charge in [-0.15, -0.1) is 0 Å². The lowest BCUT2D eigenvalue weighted by Crippen LogP contribution is -2.30. The Hall–Kier alpha value is -2.47. The molecule has 33 heavy (non-hydrogen) atoms. The van der Waals surface area contributed by atoms with Gasteiger partial charge in [-0.1, -0.05) is 6.07 Å². The number of ether oxygens (including phenoxy) is 1. The fourth-order valence-electron chi connectivity index (χ4n) is 3.43. The second-order valence-electron chi connectivity index (χ2n) is 7.95. The van der Waals surface area contributed by atoms with Crippen molar-refractivity contribution in [2.24, 2.45) is 0 Å². The van der Waals surface area contributed by atoms with Gasteiger partial charge in [0.15, 0.2) is 0 Å². The van der Waals surface area contributed by atoms with Crippen LogP contribution in [0.5, 0.6) is 5.75 Å². The summed E-state index contributed by atoms with van der Waals surface area (Å²) in [7, 11) is -4.20. The fourth-order valence-corrected chi connectivity index (χ4v) is 5.88. The molecule has 11 heteroatoms. The third-order valence-corrected chi connectivity index (χ3v) is 9.14. The number of carbonyl (C=O) groups excluding carboxylic acids is 1. The normalized spacial score (nSPS) is 15.0. The summed E-state index contributed by atoms with van der Waals surface area (Å²) in [4.78, 5) is 12.9. The number of nitrogens with one attached hydrogen (secondary N) is 1. The van der Waals surface area contributed by atoms with Crippen molar-refractivity contribution in [1.29, 1.82) is 0 Å². The summed E-state index contributed by atoms with van der Waals surface area (Å²) in [6.07, 6.45) is 1.68. The lowest BCUT2D eigenvalue weighted by molar-refractivity contribution is 0.0946. The highest BCUT2D eigenvalue weighted by Gasteiger charge is 2.28. The maximum absolute atomic E-state index is 12.8. The molecule has 0 radical (unpaired) electrons. The molecule has 2 aromatic rings. The number of benzene rings is 2. The van der Waals surface area contributed by atoms with Crippen LogP contribution in [0.1, 0.15) is 28.8 Å². The zero-order valence-corrected chi connectivity index (χ0v) is 20.6. The Kier molecular flexibility index (Phi) is 7.78. The van der Waals surface area contributed by atoms with E-state index < -0.39 is 20.0 Å². The van der Waals surface area contributed by atoms with Gasteiger partial charge in [0.2, 0.25) is 20.0 Å². The number of carbonyl (C=O) groups is 1. The molecule has 1 heterocycles. The average molecular weight is 496 g/mol. The fraction of sp³-hybridized carbons (Fsp3) is 0.409. The van der Waals surface area contributed by atoms with Crippen LogP contribution >= 0.6 is 0 Å². The van der Waals surface area contributed by atoms with Crippen LogP contribution in [0, 0.1) is 6.92 Å². The van der Waals surface area contributed by atoms with Crippen LogP contribution in [0.15, 0.2) is 52.3 Å². The van der Waals surface area contributed by atoms with Crippen molar-refractivity contribution in [2.75, 3.05) is 40.3 Å². The second-order valence-corrected chi connectivity index (χ2v) is 12.0. The van der Waals surface area contributed by atoms with Gasteiger partial charge in [0.05, 0.1) is 16.3 Å². The minimum Gasteiger partial charge on any atom is -0.492 e. The molecule has 1 aliphatic rings. The first kappa shape index (κ1) is 25.2. The first-order valence-electron chi connectivity index (χ1n) is 10.6. The molecule has 9 nitrogen and oxygen atoms in total. The molecular formula is C22H29N3O6S2. The minimum absolute atomic E-state index is 0.115. The van der Waals surface area contributed by atoms with Gasteiger partial charge in [0.1, 0.15) is 12.4 Å². The summed E-state index contributed by atoms with van der Waals surface area (Å²) < 4.78 is 57.9. The predicted molar refractivity (Wildman–Crippen MR) is 124 cm³/mol. The first-order valence-corrected chi connectivity index (χ1v) is 13.5. The van der Waals surface area contributed by atoms with E-state index in [4.69, 9.17) is 4.74 Å². The van der Waals surface area contributed by atoms with E-state index in [1.165, 1.54) is 42.7 Å². The van der Waals surface area contributed by atoms with Crippen LogP contribution in [-0.2, 0) is 20.0 Å². The molecule has 1 saturated heterocycles. The SMILES string of the molecule is Cc1ccc(S(=O)(=O)N2CCCC2)cc1C(=O)NCCOc1ccc(S(=O)(=O)N(C)C)cc1. The molecule has 180 valence electrons. The predicted octanol–water partition coefficient (Wildman–Crippen LogP) is 1.84. The van der Waals surface area contributed by atoms with E-state index in [0.717, 1.165) is 17.1 Å². The van der Waals surface area contributed by atoms with Crippen LogP contribution < -0.4 is 10.1 Å². The topological polar surface area (TPSA) is 113 Å². The summed E-state index contributed by atoms with van der Waals surface area (Å²) in [6.45, 7) is 3.10. The Morgan fingerprint density at radius 2 is 1.61 bits per heavy atom. The number of amides is 1. The molecule has 1 fully saturated rings. The van der Waals surface area contributed by atoms with E-state index in [1.807, 2.05) is 0 Å². The first-order chi connectivity index (χ1) is 15.5. The van der Waals surface area contributed by atoms with Crippen LogP contribution in [0.4, 0.5) is 0 Å². The van der Waals surface area contributed by atoms with Gasteiger partial charge in [-0.2, -0.15) is 4.31 Å². The largest absolute Gasteiger partial charge is 0.492 e. The highest BCUT2D eigenvalue weighted by molar-refractivity contribution is 7.89. The van der Waals surface area contributed by atoms with E-state index in [2.05, 4.69) is 5.32 Å². The maximum atomic E-state index is 12.8. The molecule has 0 unspecified atom stereocenters. The highest BCUT2D eigenvalue weighted by atomic mass is 32.2. The molecule has 1 aliphatic heterocycles. The molecule has 0 spiro atoms. The molecular weight excluding hydrogens is 466 g/mol. The molecule has 0 aliphatic carbocycles. The van der Waals surface area contributed by atoms with E-state index in [0.29, 0.717) is 30.0 Å². The monoisotopic (exact) mass is 495 g/mol. The van der Waals surface area contributed by atoms with Crippen molar-refractivity contribution in [2.45, 2.75) is 29.6 Å². The maximum Gasteiger partial charge on any atom is 0.251 e. The molecule has 3 rings (SSSR count).